The number of rotatable bonds is 4. The van der Waals surface area contributed by atoms with Crippen molar-refractivity contribution < 1.29 is 8.42 Å². The van der Waals surface area contributed by atoms with Crippen molar-refractivity contribution in [2.45, 2.75) is 37.2 Å². The van der Waals surface area contributed by atoms with Gasteiger partial charge in [0.1, 0.15) is 0 Å². The Labute approximate surface area is 127 Å². The van der Waals surface area contributed by atoms with Crippen LogP contribution in [-0.2, 0) is 10.0 Å². The second kappa shape index (κ2) is 6.44. The van der Waals surface area contributed by atoms with Gasteiger partial charge in [-0.3, -0.25) is 0 Å². The molecular weight excluding hydrogens is 286 g/mol. The van der Waals surface area contributed by atoms with Crippen molar-refractivity contribution in [2.24, 2.45) is 5.73 Å². The molecule has 1 fully saturated rings. The highest BCUT2D eigenvalue weighted by atomic mass is 32.2. The van der Waals surface area contributed by atoms with Gasteiger partial charge in [-0.2, -0.15) is 4.31 Å². The van der Waals surface area contributed by atoms with Crippen LogP contribution < -0.4 is 5.73 Å². The zero-order valence-corrected chi connectivity index (χ0v) is 13.8. The van der Waals surface area contributed by atoms with Crippen molar-refractivity contribution in [3.8, 4) is 0 Å². The molecule has 21 heavy (non-hydrogen) atoms. The fourth-order valence-corrected chi connectivity index (χ4v) is 4.21. The van der Waals surface area contributed by atoms with Crippen molar-refractivity contribution in [3.63, 3.8) is 0 Å². The Morgan fingerprint density at radius 2 is 2.10 bits per heavy atom. The Kier molecular flexibility index (Phi) is 5.03. The largest absolute Gasteiger partial charge is 0.324 e. The van der Waals surface area contributed by atoms with E-state index in [0.29, 0.717) is 18.0 Å². The van der Waals surface area contributed by atoms with Crippen molar-refractivity contribution >= 4 is 10.0 Å². The third kappa shape index (κ3) is 3.45. The lowest BCUT2D eigenvalue weighted by atomic mass is 10.1. The van der Waals surface area contributed by atoms with E-state index in [-0.39, 0.29) is 12.1 Å². The summed E-state index contributed by atoms with van der Waals surface area (Å²) in [6.45, 7) is 5.81. The molecule has 2 N–H and O–H groups in total. The molecule has 1 heterocycles. The maximum Gasteiger partial charge on any atom is 0.243 e. The molecule has 2 atom stereocenters. The predicted molar refractivity (Wildman–Crippen MR) is 84.5 cm³/mol. The molecule has 0 bridgehead atoms. The summed E-state index contributed by atoms with van der Waals surface area (Å²) in [5.74, 6) is 0. The molecule has 1 saturated heterocycles. The first-order valence-corrected chi connectivity index (χ1v) is 8.86. The van der Waals surface area contributed by atoms with Crippen LogP contribution in [-0.4, -0.2) is 50.3 Å². The van der Waals surface area contributed by atoms with Crippen molar-refractivity contribution in [1.82, 2.24) is 9.21 Å². The number of piperazine rings is 1. The lowest BCUT2D eigenvalue weighted by molar-refractivity contribution is 0.144. The van der Waals surface area contributed by atoms with Gasteiger partial charge in [0.15, 0.2) is 0 Å². The van der Waals surface area contributed by atoms with Crippen LogP contribution in [0.25, 0.3) is 0 Å². The van der Waals surface area contributed by atoms with Crippen LogP contribution in [0.5, 0.6) is 0 Å². The Balaban J connectivity index is 2.27. The Morgan fingerprint density at radius 3 is 2.71 bits per heavy atom. The van der Waals surface area contributed by atoms with E-state index in [2.05, 4.69) is 18.9 Å². The van der Waals surface area contributed by atoms with Gasteiger partial charge in [0, 0.05) is 31.7 Å². The van der Waals surface area contributed by atoms with Crippen LogP contribution >= 0.6 is 0 Å². The smallest absolute Gasteiger partial charge is 0.243 e. The molecule has 0 radical (unpaired) electrons. The van der Waals surface area contributed by atoms with Gasteiger partial charge in [-0.25, -0.2) is 8.42 Å². The lowest BCUT2D eigenvalue weighted by Crippen LogP contribution is -2.52. The van der Waals surface area contributed by atoms with Gasteiger partial charge in [0.2, 0.25) is 10.0 Å². The van der Waals surface area contributed by atoms with E-state index in [4.69, 9.17) is 5.73 Å². The van der Waals surface area contributed by atoms with Crippen LogP contribution in [0.1, 0.15) is 31.9 Å². The minimum atomic E-state index is -3.43. The molecule has 2 rings (SSSR count). The highest BCUT2D eigenvalue weighted by Gasteiger charge is 2.32. The molecule has 1 aliphatic heterocycles. The summed E-state index contributed by atoms with van der Waals surface area (Å²) in [5, 5.41) is 0. The van der Waals surface area contributed by atoms with E-state index in [1.54, 1.807) is 22.5 Å². The lowest BCUT2D eigenvalue weighted by Gasteiger charge is -2.38. The van der Waals surface area contributed by atoms with E-state index >= 15 is 0 Å². The van der Waals surface area contributed by atoms with Gasteiger partial charge in [-0.15, -0.1) is 0 Å². The number of likely N-dealkylation sites (N-methyl/N-ethyl adjacent to an activating group) is 1. The second-order valence-corrected chi connectivity index (χ2v) is 7.70. The third-order valence-corrected chi connectivity index (χ3v) is 6.09. The number of benzene rings is 1. The van der Waals surface area contributed by atoms with Crippen LogP contribution in [0.4, 0.5) is 0 Å². The Morgan fingerprint density at radius 1 is 1.38 bits per heavy atom. The molecule has 118 valence electrons. The number of sulfonamides is 1. The zero-order chi connectivity index (χ0) is 15.6. The third-order valence-electron chi connectivity index (χ3n) is 4.23. The molecule has 6 heteroatoms. The summed E-state index contributed by atoms with van der Waals surface area (Å²) in [4.78, 5) is 2.57. The van der Waals surface area contributed by atoms with Gasteiger partial charge >= 0.3 is 0 Å². The second-order valence-electron chi connectivity index (χ2n) is 5.77. The maximum atomic E-state index is 12.8. The maximum absolute atomic E-state index is 12.8. The number of hydrogen-bond donors (Lipinski definition) is 1. The normalized spacial score (nSPS) is 23.1. The Hall–Kier alpha value is -0.950. The van der Waals surface area contributed by atoms with E-state index in [0.717, 1.165) is 18.5 Å². The SMILES string of the molecule is CCC1CN(S(=O)(=O)c2cccc(C(C)N)c2)CCN1C. The molecule has 0 saturated carbocycles. The van der Waals surface area contributed by atoms with Crippen molar-refractivity contribution in [3.05, 3.63) is 29.8 Å². The van der Waals surface area contributed by atoms with Crippen LogP contribution in [0.15, 0.2) is 29.2 Å². The van der Waals surface area contributed by atoms with E-state index in [9.17, 15) is 8.42 Å². The predicted octanol–water partition coefficient (Wildman–Crippen LogP) is 1.42. The summed E-state index contributed by atoms with van der Waals surface area (Å²) in [6.07, 6.45) is 0.947. The average Bonchev–Trinajstić information content (AvgIpc) is 2.47. The van der Waals surface area contributed by atoms with Crippen LogP contribution in [0.2, 0.25) is 0 Å². The minimum absolute atomic E-state index is 0.170. The minimum Gasteiger partial charge on any atom is -0.324 e. The molecule has 1 aromatic rings. The molecule has 0 aromatic heterocycles. The fraction of sp³-hybridized carbons (Fsp3) is 0.600. The van der Waals surface area contributed by atoms with E-state index in [1.807, 2.05) is 13.0 Å². The average molecular weight is 311 g/mol. The topological polar surface area (TPSA) is 66.6 Å². The molecule has 0 aliphatic carbocycles. The van der Waals surface area contributed by atoms with Crippen molar-refractivity contribution in [2.75, 3.05) is 26.7 Å². The van der Waals surface area contributed by atoms with Gasteiger partial charge in [-0.1, -0.05) is 19.1 Å². The van der Waals surface area contributed by atoms with Crippen LogP contribution in [0.3, 0.4) is 0 Å². The van der Waals surface area contributed by atoms with E-state index < -0.39 is 10.0 Å². The summed E-state index contributed by atoms with van der Waals surface area (Å²) in [7, 11) is -1.38. The van der Waals surface area contributed by atoms with Crippen LogP contribution in [0, 0.1) is 0 Å². The van der Waals surface area contributed by atoms with Crippen molar-refractivity contribution in [1.29, 1.82) is 0 Å². The van der Waals surface area contributed by atoms with Gasteiger partial charge in [0.25, 0.3) is 0 Å². The highest BCUT2D eigenvalue weighted by molar-refractivity contribution is 7.89. The molecule has 5 nitrogen and oxygen atoms in total. The molecular formula is C15H25N3O2S. The van der Waals surface area contributed by atoms with Gasteiger partial charge < -0.3 is 10.6 Å². The zero-order valence-electron chi connectivity index (χ0n) is 13.0. The quantitative estimate of drug-likeness (QED) is 0.913. The summed E-state index contributed by atoms with van der Waals surface area (Å²) in [5.41, 5.74) is 6.70. The number of hydrogen-bond acceptors (Lipinski definition) is 4. The fourth-order valence-electron chi connectivity index (χ4n) is 2.68. The monoisotopic (exact) mass is 311 g/mol. The molecule has 2 unspecified atom stereocenters. The van der Waals surface area contributed by atoms with Gasteiger partial charge in [-0.05, 0) is 38.1 Å². The van der Waals surface area contributed by atoms with E-state index in [1.165, 1.54) is 0 Å². The number of nitrogens with zero attached hydrogens (tertiary/aromatic N) is 2. The molecule has 0 spiro atoms. The summed E-state index contributed by atoms with van der Waals surface area (Å²) < 4.78 is 27.2. The number of nitrogens with two attached hydrogens (primary N) is 1. The first-order valence-electron chi connectivity index (χ1n) is 7.42. The highest BCUT2D eigenvalue weighted by Crippen LogP contribution is 2.22. The summed E-state index contributed by atoms with van der Waals surface area (Å²) >= 11 is 0. The first-order chi connectivity index (χ1) is 9.86. The summed E-state index contributed by atoms with van der Waals surface area (Å²) in [6, 6.07) is 7.09. The van der Waals surface area contributed by atoms with Gasteiger partial charge in [0.05, 0.1) is 4.90 Å². The Bertz CT molecular complexity index is 586. The molecule has 1 aromatic carbocycles. The first kappa shape index (κ1) is 16.4. The molecule has 0 amide bonds. The standard InChI is InChI=1S/C15H25N3O2S/c1-4-14-11-18(9-8-17(14)3)21(19,20)15-7-5-6-13(10-15)12(2)16/h5-7,10,12,14H,4,8-9,11,16H2,1-3H3. The molecule has 1 aliphatic rings.